The Labute approximate surface area is 97.0 Å². The van der Waals surface area contributed by atoms with Crippen LogP contribution in [-0.2, 0) is 10.0 Å². The zero-order valence-electron chi connectivity index (χ0n) is 9.81. The van der Waals surface area contributed by atoms with E-state index in [1.165, 1.54) is 10.6 Å². The summed E-state index contributed by atoms with van der Waals surface area (Å²) in [6, 6.07) is 0. The van der Waals surface area contributed by atoms with E-state index in [0.29, 0.717) is 26.2 Å². The molecule has 0 saturated carbocycles. The third-order valence-electron chi connectivity index (χ3n) is 2.86. The summed E-state index contributed by atoms with van der Waals surface area (Å²) < 4.78 is 24.0. The minimum Gasteiger partial charge on any atom is -0.387 e. The molecule has 0 radical (unpaired) electrons. The van der Waals surface area contributed by atoms with Crippen molar-refractivity contribution in [3.05, 3.63) is 0 Å². The molecule has 1 unspecified atom stereocenters. The van der Waals surface area contributed by atoms with E-state index in [1.807, 2.05) is 6.92 Å². The van der Waals surface area contributed by atoms with Gasteiger partial charge in [-0.3, -0.25) is 5.41 Å². The Hall–Kier alpha value is -0.660. The van der Waals surface area contributed by atoms with Crippen molar-refractivity contribution in [3.63, 3.8) is 0 Å². The van der Waals surface area contributed by atoms with Crippen molar-refractivity contribution in [1.29, 1.82) is 5.41 Å². The summed E-state index contributed by atoms with van der Waals surface area (Å²) in [5, 5.41) is 7.30. The SMILES string of the molecule is CC(CN1CCN(S(C)(=O)=O)CC1)C(=N)N. The van der Waals surface area contributed by atoms with E-state index in [9.17, 15) is 8.42 Å². The summed E-state index contributed by atoms with van der Waals surface area (Å²) in [5.74, 6) is 0.218. The Morgan fingerprint density at radius 3 is 2.25 bits per heavy atom. The van der Waals surface area contributed by atoms with Crippen LogP contribution in [0.5, 0.6) is 0 Å². The summed E-state index contributed by atoms with van der Waals surface area (Å²) in [6.45, 7) is 5.13. The number of amidine groups is 1. The molecule has 0 amide bonds. The van der Waals surface area contributed by atoms with Crippen molar-refractivity contribution >= 4 is 15.9 Å². The van der Waals surface area contributed by atoms with Crippen LogP contribution in [0.4, 0.5) is 0 Å². The first-order chi connectivity index (χ1) is 7.30. The predicted molar refractivity (Wildman–Crippen MR) is 63.9 cm³/mol. The fourth-order valence-electron chi connectivity index (χ4n) is 1.73. The Morgan fingerprint density at radius 2 is 1.88 bits per heavy atom. The van der Waals surface area contributed by atoms with Gasteiger partial charge >= 0.3 is 0 Å². The number of nitrogens with two attached hydrogens (primary N) is 1. The van der Waals surface area contributed by atoms with Gasteiger partial charge in [-0.2, -0.15) is 4.31 Å². The molecule has 0 aromatic rings. The van der Waals surface area contributed by atoms with Gasteiger partial charge in [0.15, 0.2) is 0 Å². The van der Waals surface area contributed by atoms with Crippen LogP contribution in [0.15, 0.2) is 0 Å². The number of rotatable bonds is 4. The molecule has 7 heteroatoms. The number of nitrogens with one attached hydrogen (secondary N) is 1. The van der Waals surface area contributed by atoms with Crippen LogP contribution >= 0.6 is 0 Å². The molecule has 0 aromatic carbocycles. The van der Waals surface area contributed by atoms with Crippen LogP contribution in [0.25, 0.3) is 0 Å². The second kappa shape index (κ2) is 5.11. The van der Waals surface area contributed by atoms with E-state index >= 15 is 0 Å². The molecule has 6 nitrogen and oxygen atoms in total. The molecular formula is C9H20N4O2S. The van der Waals surface area contributed by atoms with Crippen molar-refractivity contribution in [3.8, 4) is 0 Å². The molecule has 1 atom stereocenters. The fraction of sp³-hybridized carbons (Fsp3) is 0.889. The van der Waals surface area contributed by atoms with Crippen molar-refractivity contribution < 1.29 is 8.42 Å². The van der Waals surface area contributed by atoms with Gasteiger partial charge in [-0.15, -0.1) is 0 Å². The van der Waals surface area contributed by atoms with Gasteiger partial charge in [0.25, 0.3) is 0 Å². The Bertz CT molecular complexity index is 347. The molecule has 1 rings (SSSR count). The molecule has 0 spiro atoms. The maximum atomic E-state index is 11.3. The number of sulfonamides is 1. The molecular weight excluding hydrogens is 228 g/mol. The van der Waals surface area contributed by atoms with Crippen LogP contribution in [0.2, 0.25) is 0 Å². The lowest BCUT2D eigenvalue weighted by Gasteiger charge is -2.34. The van der Waals surface area contributed by atoms with Gasteiger partial charge < -0.3 is 10.6 Å². The van der Waals surface area contributed by atoms with Gasteiger partial charge in [0.1, 0.15) is 0 Å². The maximum Gasteiger partial charge on any atom is 0.211 e. The van der Waals surface area contributed by atoms with Gasteiger partial charge in [0.2, 0.25) is 10.0 Å². The molecule has 0 bridgehead atoms. The fourth-order valence-corrected chi connectivity index (χ4v) is 2.56. The number of nitrogens with zero attached hydrogens (tertiary/aromatic N) is 2. The second-order valence-corrected chi connectivity index (χ2v) is 6.30. The molecule has 16 heavy (non-hydrogen) atoms. The van der Waals surface area contributed by atoms with E-state index in [4.69, 9.17) is 11.1 Å². The molecule has 1 fully saturated rings. The minimum absolute atomic E-state index is 0.0322. The molecule has 1 aliphatic rings. The molecule has 3 N–H and O–H groups in total. The topological polar surface area (TPSA) is 90.5 Å². The number of hydrogen-bond acceptors (Lipinski definition) is 4. The molecule has 1 heterocycles. The van der Waals surface area contributed by atoms with E-state index in [2.05, 4.69) is 4.90 Å². The molecule has 0 aromatic heterocycles. The first kappa shape index (κ1) is 13.4. The quantitative estimate of drug-likeness (QED) is 0.500. The molecule has 1 aliphatic heterocycles. The lowest BCUT2D eigenvalue weighted by Crippen LogP contribution is -2.50. The summed E-state index contributed by atoms with van der Waals surface area (Å²) >= 11 is 0. The average Bonchev–Trinajstić information content (AvgIpc) is 2.17. The van der Waals surface area contributed by atoms with Crippen LogP contribution in [0.3, 0.4) is 0 Å². The summed E-state index contributed by atoms with van der Waals surface area (Å²) in [6.07, 6.45) is 1.24. The summed E-state index contributed by atoms with van der Waals surface area (Å²) in [7, 11) is -3.05. The Kier molecular flexibility index (Phi) is 4.28. The van der Waals surface area contributed by atoms with Gasteiger partial charge in [-0.1, -0.05) is 6.92 Å². The molecule has 1 saturated heterocycles. The zero-order chi connectivity index (χ0) is 12.3. The highest BCUT2D eigenvalue weighted by molar-refractivity contribution is 7.88. The third-order valence-corrected chi connectivity index (χ3v) is 4.17. The maximum absolute atomic E-state index is 11.3. The normalized spacial score (nSPS) is 21.9. The van der Waals surface area contributed by atoms with Gasteiger partial charge in [0, 0.05) is 38.6 Å². The minimum atomic E-state index is -3.05. The Balaban J connectivity index is 2.41. The van der Waals surface area contributed by atoms with E-state index in [0.717, 1.165) is 6.54 Å². The monoisotopic (exact) mass is 248 g/mol. The van der Waals surface area contributed by atoms with Crippen molar-refractivity contribution in [2.24, 2.45) is 11.7 Å². The smallest absolute Gasteiger partial charge is 0.211 e. The number of hydrogen-bond donors (Lipinski definition) is 2. The summed E-state index contributed by atoms with van der Waals surface area (Å²) in [4.78, 5) is 2.15. The third kappa shape index (κ3) is 3.73. The highest BCUT2D eigenvalue weighted by Crippen LogP contribution is 2.08. The van der Waals surface area contributed by atoms with Crippen LogP contribution in [-0.4, -0.2) is 62.4 Å². The van der Waals surface area contributed by atoms with Crippen molar-refractivity contribution in [1.82, 2.24) is 9.21 Å². The zero-order valence-corrected chi connectivity index (χ0v) is 10.6. The lowest BCUT2D eigenvalue weighted by molar-refractivity contribution is 0.180. The van der Waals surface area contributed by atoms with Gasteiger partial charge in [0.05, 0.1) is 12.1 Å². The van der Waals surface area contributed by atoms with E-state index in [-0.39, 0.29) is 11.8 Å². The van der Waals surface area contributed by atoms with Gasteiger partial charge in [-0.25, -0.2) is 8.42 Å². The highest BCUT2D eigenvalue weighted by atomic mass is 32.2. The first-order valence-corrected chi connectivity index (χ1v) is 7.17. The van der Waals surface area contributed by atoms with Crippen molar-refractivity contribution in [2.75, 3.05) is 39.0 Å². The lowest BCUT2D eigenvalue weighted by atomic mass is 10.1. The van der Waals surface area contributed by atoms with Gasteiger partial charge in [-0.05, 0) is 0 Å². The highest BCUT2D eigenvalue weighted by Gasteiger charge is 2.24. The molecule has 94 valence electrons. The standard InChI is InChI=1S/C9H20N4O2S/c1-8(9(10)11)7-12-3-5-13(6-4-12)16(2,14)15/h8H,3-7H2,1-2H3,(H3,10,11). The van der Waals surface area contributed by atoms with Crippen LogP contribution in [0, 0.1) is 11.3 Å². The van der Waals surface area contributed by atoms with E-state index in [1.54, 1.807) is 0 Å². The Morgan fingerprint density at radius 1 is 1.38 bits per heavy atom. The summed E-state index contributed by atoms with van der Waals surface area (Å²) in [5.41, 5.74) is 5.40. The predicted octanol–water partition coefficient (Wildman–Crippen LogP) is -0.864. The average molecular weight is 248 g/mol. The largest absolute Gasteiger partial charge is 0.387 e. The van der Waals surface area contributed by atoms with Crippen molar-refractivity contribution in [2.45, 2.75) is 6.92 Å². The van der Waals surface area contributed by atoms with Crippen LogP contribution < -0.4 is 5.73 Å². The van der Waals surface area contributed by atoms with Crippen LogP contribution in [0.1, 0.15) is 6.92 Å². The number of piperazine rings is 1. The first-order valence-electron chi connectivity index (χ1n) is 5.32. The molecule has 0 aliphatic carbocycles. The van der Waals surface area contributed by atoms with E-state index < -0.39 is 10.0 Å². The second-order valence-electron chi connectivity index (χ2n) is 4.32.